The number of rotatable bonds is 4. The molecule has 0 aliphatic rings. The van der Waals surface area contributed by atoms with Gasteiger partial charge in [-0.3, -0.25) is 0 Å². The maximum atomic E-state index is 5.08. The lowest BCUT2D eigenvalue weighted by molar-refractivity contribution is 0.113. The van der Waals surface area contributed by atoms with E-state index in [1.807, 2.05) is 13.8 Å². The first-order chi connectivity index (χ1) is 5.77. The zero-order chi connectivity index (χ0) is 8.97. The molecule has 4 nitrogen and oxygen atoms in total. The fourth-order valence-electron chi connectivity index (χ4n) is 0.728. The van der Waals surface area contributed by atoms with Gasteiger partial charge in [0.15, 0.2) is 5.82 Å². The predicted molar refractivity (Wildman–Crippen MR) is 49.5 cm³/mol. The molecule has 0 saturated carbocycles. The SMILES string of the molecule is CCNc1nc(C(C)OC)ns1. The third kappa shape index (κ3) is 2.15. The Hall–Kier alpha value is -0.680. The first kappa shape index (κ1) is 9.41. The standard InChI is InChI=1S/C7H13N3OS/c1-4-8-7-9-6(10-12-7)5(2)11-3/h5H,4H2,1-3H3,(H,8,9,10). The zero-order valence-corrected chi connectivity index (χ0v) is 8.31. The molecule has 1 rings (SSSR count). The van der Waals surface area contributed by atoms with E-state index in [1.165, 1.54) is 11.5 Å². The molecule has 0 amide bonds. The highest BCUT2D eigenvalue weighted by atomic mass is 32.1. The number of ether oxygens (including phenoxy) is 1. The van der Waals surface area contributed by atoms with Gasteiger partial charge in [-0.15, -0.1) is 0 Å². The highest BCUT2D eigenvalue weighted by molar-refractivity contribution is 7.09. The van der Waals surface area contributed by atoms with Gasteiger partial charge < -0.3 is 10.1 Å². The molecule has 1 aromatic heterocycles. The molecular weight excluding hydrogens is 174 g/mol. The van der Waals surface area contributed by atoms with E-state index in [-0.39, 0.29) is 6.10 Å². The van der Waals surface area contributed by atoms with Crippen LogP contribution in [0.2, 0.25) is 0 Å². The Kier molecular flexibility index (Phi) is 3.43. The van der Waals surface area contributed by atoms with Crippen molar-refractivity contribution in [2.24, 2.45) is 0 Å². The van der Waals surface area contributed by atoms with Crippen LogP contribution >= 0.6 is 11.5 Å². The van der Waals surface area contributed by atoms with Crippen molar-refractivity contribution in [2.45, 2.75) is 20.0 Å². The van der Waals surface area contributed by atoms with E-state index in [4.69, 9.17) is 4.74 Å². The Labute approximate surface area is 76.1 Å². The molecule has 5 heteroatoms. The van der Waals surface area contributed by atoms with Gasteiger partial charge in [0.25, 0.3) is 0 Å². The summed E-state index contributed by atoms with van der Waals surface area (Å²) in [6.45, 7) is 4.83. The van der Waals surface area contributed by atoms with Gasteiger partial charge in [-0.05, 0) is 13.8 Å². The predicted octanol–water partition coefficient (Wildman–Crippen LogP) is 1.68. The third-order valence-electron chi connectivity index (χ3n) is 1.49. The fourth-order valence-corrected chi connectivity index (χ4v) is 1.44. The molecule has 68 valence electrons. The molecule has 0 bridgehead atoms. The molecule has 1 unspecified atom stereocenters. The number of nitrogens with zero attached hydrogens (tertiary/aromatic N) is 2. The van der Waals surface area contributed by atoms with E-state index in [1.54, 1.807) is 7.11 Å². The van der Waals surface area contributed by atoms with E-state index in [0.717, 1.165) is 17.5 Å². The number of hydrogen-bond acceptors (Lipinski definition) is 5. The Bertz CT molecular complexity index is 238. The summed E-state index contributed by atoms with van der Waals surface area (Å²) in [4.78, 5) is 4.24. The molecule has 0 aliphatic heterocycles. The monoisotopic (exact) mass is 187 g/mol. The maximum absolute atomic E-state index is 5.08. The van der Waals surface area contributed by atoms with Crippen LogP contribution in [0, 0.1) is 0 Å². The summed E-state index contributed by atoms with van der Waals surface area (Å²) in [5.74, 6) is 0.749. The van der Waals surface area contributed by atoms with Crippen LogP contribution in [0.4, 0.5) is 5.13 Å². The Balaban J connectivity index is 2.63. The molecule has 0 saturated heterocycles. The van der Waals surface area contributed by atoms with E-state index < -0.39 is 0 Å². The fraction of sp³-hybridized carbons (Fsp3) is 0.714. The second-order valence-corrected chi connectivity index (χ2v) is 3.12. The van der Waals surface area contributed by atoms with Crippen molar-refractivity contribution in [1.29, 1.82) is 0 Å². The summed E-state index contributed by atoms with van der Waals surface area (Å²) in [6.07, 6.45) is -0.0198. The van der Waals surface area contributed by atoms with Crippen LogP contribution in [-0.4, -0.2) is 23.0 Å². The van der Waals surface area contributed by atoms with Crippen LogP contribution in [0.15, 0.2) is 0 Å². The van der Waals surface area contributed by atoms with Crippen LogP contribution in [-0.2, 0) is 4.74 Å². The quantitative estimate of drug-likeness (QED) is 0.779. The Morgan fingerprint density at radius 2 is 2.42 bits per heavy atom. The molecule has 1 N–H and O–H groups in total. The van der Waals surface area contributed by atoms with Crippen LogP contribution in [0.25, 0.3) is 0 Å². The average molecular weight is 187 g/mol. The number of anilines is 1. The minimum atomic E-state index is -0.0198. The van der Waals surface area contributed by atoms with Gasteiger partial charge in [-0.2, -0.15) is 4.37 Å². The van der Waals surface area contributed by atoms with Crippen LogP contribution in [0.3, 0.4) is 0 Å². The summed E-state index contributed by atoms with van der Waals surface area (Å²) in [7, 11) is 1.65. The molecular formula is C7H13N3OS. The largest absolute Gasteiger partial charge is 0.374 e. The maximum Gasteiger partial charge on any atom is 0.202 e. The van der Waals surface area contributed by atoms with Gasteiger partial charge in [0.05, 0.1) is 0 Å². The summed E-state index contributed by atoms with van der Waals surface area (Å²) < 4.78 is 9.23. The van der Waals surface area contributed by atoms with E-state index >= 15 is 0 Å². The summed E-state index contributed by atoms with van der Waals surface area (Å²) in [5.41, 5.74) is 0. The van der Waals surface area contributed by atoms with Gasteiger partial charge in [-0.1, -0.05) is 0 Å². The van der Waals surface area contributed by atoms with Crippen molar-refractivity contribution < 1.29 is 4.74 Å². The lowest BCUT2D eigenvalue weighted by atomic mass is 10.4. The Morgan fingerprint density at radius 3 is 3.00 bits per heavy atom. The second kappa shape index (κ2) is 4.37. The number of hydrogen-bond donors (Lipinski definition) is 1. The molecule has 1 heterocycles. The van der Waals surface area contributed by atoms with Gasteiger partial charge in [0.2, 0.25) is 5.13 Å². The van der Waals surface area contributed by atoms with Crippen LogP contribution < -0.4 is 5.32 Å². The van der Waals surface area contributed by atoms with Crippen molar-refractivity contribution >= 4 is 16.7 Å². The van der Waals surface area contributed by atoms with E-state index in [9.17, 15) is 0 Å². The smallest absolute Gasteiger partial charge is 0.202 e. The average Bonchev–Trinajstić information content (AvgIpc) is 2.52. The van der Waals surface area contributed by atoms with Crippen molar-refractivity contribution in [3.63, 3.8) is 0 Å². The second-order valence-electron chi connectivity index (χ2n) is 2.37. The molecule has 0 fully saturated rings. The topological polar surface area (TPSA) is 47.0 Å². The number of methoxy groups -OCH3 is 1. The van der Waals surface area contributed by atoms with Gasteiger partial charge in [-0.25, -0.2) is 4.98 Å². The lowest BCUT2D eigenvalue weighted by Gasteiger charge is -2.02. The van der Waals surface area contributed by atoms with Gasteiger partial charge in [0, 0.05) is 25.2 Å². The molecule has 12 heavy (non-hydrogen) atoms. The van der Waals surface area contributed by atoms with Gasteiger partial charge in [0.1, 0.15) is 6.10 Å². The first-order valence-corrected chi connectivity index (χ1v) is 4.65. The van der Waals surface area contributed by atoms with Crippen molar-refractivity contribution in [1.82, 2.24) is 9.36 Å². The van der Waals surface area contributed by atoms with Crippen molar-refractivity contribution in [3.8, 4) is 0 Å². The molecule has 0 radical (unpaired) electrons. The van der Waals surface area contributed by atoms with E-state index in [0.29, 0.717) is 0 Å². The summed E-state index contributed by atoms with van der Waals surface area (Å²) >= 11 is 1.37. The Morgan fingerprint density at radius 1 is 1.67 bits per heavy atom. The molecule has 0 aromatic carbocycles. The van der Waals surface area contributed by atoms with Crippen molar-refractivity contribution in [3.05, 3.63) is 5.82 Å². The molecule has 1 atom stereocenters. The van der Waals surface area contributed by atoms with Gasteiger partial charge >= 0.3 is 0 Å². The lowest BCUT2D eigenvalue weighted by Crippen LogP contribution is -1.99. The van der Waals surface area contributed by atoms with Crippen LogP contribution in [0.5, 0.6) is 0 Å². The summed E-state index contributed by atoms with van der Waals surface area (Å²) in [6, 6.07) is 0. The molecule has 0 aliphatic carbocycles. The highest BCUT2D eigenvalue weighted by Gasteiger charge is 2.09. The highest BCUT2D eigenvalue weighted by Crippen LogP contribution is 2.17. The normalized spacial score (nSPS) is 12.9. The molecule has 0 spiro atoms. The third-order valence-corrected chi connectivity index (χ3v) is 2.17. The number of aromatic nitrogens is 2. The first-order valence-electron chi connectivity index (χ1n) is 3.88. The molecule has 1 aromatic rings. The minimum Gasteiger partial charge on any atom is -0.374 e. The van der Waals surface area contributed by atoms with Crippen LogP contribution in [0.1, 0.15) is 25.8 Å². The van der Waals surface area contributed by atoms with E-state index in [2.05, 4.69) is 14.7 Å². The summed E-state index contributed by atoms with van der Waals surface area (Å²) in [5, 5.41) is 3.95. The minimum absolute atomic E-state index is 0.0198. The van der Waals surface area contributed by atoms with Crippen molar-refractivity contribution in [2.75, 3.05) is 19.0 Å². The number of nitrogens with one attached hydrogen (secondary N) is 1. The zero-order valence-electron chi connectivity index (χ0n) is 7.50.